The molecule has 1 amide bonds. The van der Waals surface area contributed by atoms with Gasteiger partial charge < -0.3 is 9.64 Å². The highest BCUT2D eigenvalue weighted by Gasteiger charge is 2.32. The molecule has 0 bridgehead atoms. The van der Waals surface area contributed by atoms with Crippen LogP contribution in [0.15, 0.2) is 35.8 Å². The molecule has 1 heterocycles. The molecular weight excluding hydrogens is 296 g/mol. The maximum atomic E-state index is 12.6. The Morgan fingerprint density at radius 2 is 2.14 bits per heavy atom. The second-order valence-electron chi connectivity index (χ2n) is 5.43. The fourth-order valence-corrected chi connectivity index (χ4v) is 3.04. The van der Waals surface area contributed by atoms with Gasteiger partial charge in [-0.25, -0.2) is 4.98 Å². The summed E-state index contributed by atoms with van der Waals surface area (Å²) in [7, 11) is 0. The minimum atomic E-state index is 0.182. The van der Waals surface area contributed by atoms with Crippen molar-refractivity contribution in [3.63, 3.8) is 0 Å². The van der Waals surface area contributed by atoms with E-state index >= 15 is 0 Å². The molecule has 1 aliphatic carbocycles. The molecule has 22 heavy (non-hydrogen) atoms. The normalized spacial score (nSPS) is 13.9. The van der Waals surface area contributed by atoms with Crippen molar-refractivity contribution >= 4 is 17.2 Å². The van der Waals surface area contributed by atoms with Gasteiger partial charge in [-0.2, -0.15) is 0 Å². The van der Waals surface area contributed by atoms with Crippen molar-refractivity contribution < 1.29 is 9.53 Å². The van der Waals surface area contributed by atoms with E-state index in [-0.39, 0.29) is 5.91 Å². The van der Waals surface area contributed by atoms with Crippen molar-refractivity contribution in [3.8, 4) is 5.75 Å². The molecule has 2 aromatic rings. The Bertz CT molecular complexity index is 606. The third-order valence-electron chi connectivity index (χ3n) is 3.69. The van der Waals surface area contributed by atoms with E-state index in [9.17, 15) is 4.79 Å². The molecule has 1 aromatic carbocycles. The van der Waals surface area contributed by atoms with Crippen molar-refractivity contribution in [2.45, 2.75) is 38.8 Å². The van der Waals surface area contributed by atoms with E-state index in [4.69, 9.17) is 4.74 Å². The Labute approximate surface area is 134 Å². The molecule has 0 spiro atoms. The van der Waals surface area contributed by atoms with Gasteiger partial charge in [0.15, 0.2) is 0 Å². The molecule has 3 rings (SSSR count). The fourth-order valence-electron chi connectivity index (χ4n) is 2.43. The monoisotopic (exact) mass is 316 g/mol. The Morgan fingerprint density at radius 3 is 2.73 bits per heavy atom. The first-order valence-corrected chi connectivity index (χ1v) is 8.54. The molecule has 1 aliphatic rings. The van der Waals surface area contributed by atoms with Gasteiger partial charge in [0, 0.05) is 17.6 Å². The molecule has 0 saturated heterocycles. The number of aromatic nitrogens is 1. The van der Waals surface area contributed by atoms with Crippen molar-refractivity contribution in [2.24, 2.45) is 0 Å². The summed E-state index contributed by atoms with van der Waals surface area (Å²) in [4.78, 5) is 18.9. The smallest absolute Gasteiger partial charge is 0.227 e. The van der Waals surface area contributed by atoms with Gasteiger partial charge in [-0.05, 0) is 37.5 Å². The average molecular weight is 316 g/mol. The fraction of sp³-hybridized carbons (Fsp3) is 0.412. The molecular formula is C17H20N2O2S. The molecule has 0 unspecified atom stereocenters. The number of ether oxygens (including phenoxy) is 1. The van der Waals surface area contributed by atoms with E-state index in [2.05, 4.69) is 4.98 Å². The maximum Gasteiger partial charge on any atom is 0.227 e. The molecule has 0 aliphatic heterocycles. The SMILES string of the molecule is CCOc1ccc(CC(=O)N(Cc2nccs2)C2CC2)cc1. The molecule has 1 aromatic heterocycles. The average Bonchev–Trinajstić information content (AvgIpc) is 3.23. The zero-order valence-corrected chi connectivity index (χ0v) is 13.5. The van der Waals surface area contributed by atoms with Gasteiger partial charge in [-0.1, -0.05) is 12.1 Å². The number of hydrogen-bond donors (Lipinski definition) is 0. The summed E-state index contributed by atoms with van der Waals surface area (Å²) in [6.07, 6.45) is 4.46. The Balaban J connectivity index is 1.63. The number of nitrogens with zero attached hydrogens (tertiary/aromatic N) is 2. The van der Waals surface area contributed by atoms with Gasteiger partial charge >= 0.3 is 0 Å². The van der Waals surface area contributed by atoms with Gasteiger partial charge in [0.05, 0.1) is 19.6 Å². The van der Waals surface area contributed by atoms with Crippen LogP contribution in [0.3, 0.4) is 0 Å². The first-order chi connectivity index (χ1) is 10.8. The van der Waals surface area contributed by atoms with Gasteiger partial charge in [-0.3, -0.25) is 4.79 Å². The number of hydrogen-bond acceptors (Lipinski definition) is 4. The third kappa shape index (κ3) is 3.85. The summed E-state index contributed by atoms with van der Waals surface area (Å²) in [6.45, 7) is 3.25. The molecule has 0 radical (unpaired) electrons. The molecule has 116 valence electrons. The van der Waals surface area contributed by atoms with Crippen molar-refractivity contribution in [3.05, 3.63) is 46.4 Å². The number of thiazole rings is 1. The van der Waals surface area contributed by atoms with E-state index in [0.29, 0.717) is 25.6 Å². The lowest BCUT2D eigenvalue weighted by Gasteiger charge is -2.21. The number of carbonyl (C=O) groups excluding carboxylic acids is 1. The highest BCUT2D eigenvalue weighted by atomic mass is 32.1. The van der Waals surface area contributed by atoms with Crippen LogP contribution < -0.4 is 4.74 Å². The highest BCUT2D eigenvalue weighted by Crippen LogP contribution is 2.29. The predicted molar refractivity (Wildman–Crippen MR) is 87.0 cm³/mol. The van der Waals surface area contributed by atoms with Crippen LogP contribution in [0.2, 0.25) is 0 Å². The number of amides is 1. The molecule has 4 nitrogen and oxygen atoms in total. The summed E-state index contributed by atoms with van der Waals surface area (Å²) in [5.74, 6) is 1.03. The first kappa shape index (κ1) is 15.0. The third-order valence-corrected chi connectivity index (χ3v) is 4.45. The molecule has 1 fully saturated rings. The number of rotatable bonds is 7. The van der Waals surface area contributed by atoms with Crippen LogP contribution in [0.25, 0.3) is 0 Å². The lowest BCUT2D eigenvalue weighted by Crippen LogP contribution is -2.33. The minimum absolute atomic E-state index is 0.182. The van der Waals surface area contributed by atoms with E-state index in [0.717, 1.165) is 29.2 Å². The highest BCUT2D eigenvalue weighted by molar-refractivity contribution is 7.09. The van der Waals surface area contributed by atoms with E-state index in [1.807, 2.05) is 41.5 Å². The lowest BCUT2D eigenvalue weighted by molar-refractivity contribution is -0.131. The van der Waals surface area contributed by atoms with Crippen molar-refractivity contribution in [2.75, 3.05) is 6.61 Å². The Morgan fingerprint density at radius 1 is 1.36 bits per heavy atom. The second-order valence-corrected chi connectivity index (χ2v) is 6.41. The lowest BCUT2D eigenvalue weighted by atomic mass is 10.1. The van der Waals surface area contributed by atoms with E-state index in [1.54, 1.807) is 17.5 Å². The first-order valence-electron chi connectivity index (χ1n) is 7.66. The summed E-state index contributed by atoms with van der Waals surface area (Å²) in [6, 6.07) is 8.19. The summed E-state index contributed by atoms with van der Waals surface area (Å²) in [5, 5.41) is 2.96. The summed E-state index contributed by atoms with van der Waals surface area (Å²) < 4.78 is 5.43. The summed E-state index contributed by atoms with van der Waals surface area (Å²) >= 11 is 1.61. The van der Waals surface area contributed by atoms with Crippen molar-refractivity contribution in [1.29, 1.82) is 0 Å². The Hall–Kier alpha value is -1.88. The van der Waals surface area contributed by atoms with Gasteiger partial charge in [0.2, 0.25) is 5.91 Å². The zero-order valence-electron chi connectivity index (χ0n) is 12.7. The number of benzene rings is 1. The second kappa shape index (κ2) is 6.92. The van der Waals surface area contributed by atoms with Crippen LogP contribution in [-0.4, -0.2) is 28.4 Å². The molecule has 1 saturated carbocycles. The van der Waals surface area contributed by atoms with Gasteiger partial charge in [-0.15, -0.1) is 11.3 Å². The van der Waals surface area contributed by atoms with Crippen molar-refractivity contribution in [1.82, 2.24) is 9.88 Å². The molecule has 0 N–H and O–H groups in total. The van der Waals surface area contributed by atoms with Crippen LogP contribution in [-0.2, 0) is 17.8 Å². The zero-order chi connectivity index (χ0) is 15.4. The largest absolute Gasteiger partial charge is 0.494 e. The Kier molecular flexibility index (Phi) is 4.73. The molecule has 0 atom stereocenters. The van der Waals surface area contributed by atoms with Gasteiger partial charge in [0.1, 0.15) is 10.8 Å². The quantitative estimate of drug-likeness (QED) is 0.787. The maximum absolute atomic E-state index is 12.6. The van der Waals surface area contributed by atoms with E-state index in [1.165, 1.54) is 0 Å². The van der Waals surface area contributed by atoms with Crippen LogP contribution >= 0.6 is 11.3 Å². The minimum Gasteiger partial charge on any atom is -0.494 e. The van der Waals surface area contributed by atoms with Crippen LogP contribution in [0.4, 0.5) is 0 Å². The van der Waals surface area contributed by atoms with Gasteiger partial charge in [0.25, 0.3) is 0 Å². The topological polar surface area (TPSA) is 42.4 Å². The van der Waals surface area contributed by atoms with E-state index < -0.39 is 0 Å². The standard InChI is InChI=1S/C17H20N2O2S/c1-2-21-15-7-3-13(4-8-15)11-17(20)19(14-5-6-14)12-16-18-9-10-22-16/h3-4,7-10,14H,2,5-6,11-12H2,1H3. The van der Waals surface area contributed by atoms with Crippen LogP contribution in [0.1, 0.15) is 30.3 Å². The summed E-state index contributed by atoms with van der Waals surface area (Å²) in [5.41, 5.74) is 1.03. The van der Waals surface area contributed by atoms with Crippen LogP contribution in [0, 0.1) is 0 Å². The number of carbonyl (C=O) groups is 1. The molecule has 5 heteroatoms. The van der Waals surface area contributed by atoms with Crippen LogP contribution in [0.5, 0.6) is 5.75 Å². The predicted octanol–water partition coefficient (Wildman–Crippen LogP) is 3.28.